The van der Waals surface area contributed by atoms with E-state index in [1.165, 1.54) is 13.2 Å². The van der Waals surface area contributed by atoms with E-state index in [-0.39, 0.29) is 23.7 Å². The maximum absolute atomic E-state index is 13.1. The van der Waals surface area contributed by atoms with Gasteiger partial charge in [-0.1, -0.05) is 41.4 Å². The molecule has 12 heteroatoms. The molecular weight excluding hydrogens is 546 g/mol. The number of amides is 3. The largest absolute Gasteiger partial charge is 0.495 e. The van der Waals surface area contributed by atoms with E-state index in [0.717, 1.165) is 12.1 Å². The van der Waals surface area contributed by atoms with Crippen molar-refractivity contribution in [1.82, 2.24) is 0 Å². The van der Waals surface area contributed by atoms with Crippen molar-refractivity contribution in [1.29, 1.82) is 0 Å². The van der Waals surface area contributed by atoms with E-state index in [0.29, 0.717) is 38.7 Å². The van der Waals surface area contributed by atoms with Gasteiger partial charge in [-0.05, 0) is 54.1 Å². The van der Waals surface area contributed by atoms with Crippen LogP contribution in [0.2, 0.25) is 5.02 Å². The first kappa shape index (κ1) is 27.0. The van der Waals surface area contributed by atoms with E-state index in [1.807, 2.05) is 0 Å². The Morgan fingerprint density at radius 1 is 0.974 bits per heavy atom. The Hall–Kier alpha value is -4.02. The molecule has 3 aromatic rings. The fourth-order valence-corrected chi connectivity index (χ4v) is 4.06. The van der Waals surface area contributed by atoms with Crippen molar-refractivity contribution < 1.29 is 32.3 Å². The van der Waals surface area contributed by atoms with Crippen molar-refractivity contribution in [2.24, 2.45) is 0 Å². The number of nitrogens with zero attached hydrogens (tertiary/aromatic N) is 1. The molecule has 0 unspecified atom stereocenters. The van der Waals surface area contributed by atoms with E-state index in [4.69, 9.17) is 27.9 Å². The highest BCUT2D eigenvalue weighted by Gasteiger charge is 2.40. The first-order chi connectivity index (χ1) is 18.0. The van der Waals surface area contributed by atoms with Gasteiger partial charge in [0.25, 0.3) is 11.8 Å². The Morgan fingerprint density at radius 3 is 2.34 bits per heavy atom. The molecule has 1 aliphatic rings. The Balaban J connectivity index is 1.44. The average Bonchev–Trinajstić information content (AvgIpc) is 3.07. The number of nitrogens with one attached hydrogen (secondary N) is 2. The summed E-state index contributed by atoms with van der Waals surface area (Å²) in [6, 6.07) is 15.0. The van der Waals surface area contributed by atoms with Gasteiger partial charge < -0.3 is 15.4 Å². The number of ether oxygens (including phenoxy) is 1. The lowest BCUT2D eigenvalue weighted by Gasteiger charge is -2.17. The molecule has 38 heavy (non-hydrogen) atoms. The molecule has 4 rings (SSSR count). The number of carbonyl (C=O) groups is 3. The zero-order valence-corrected chi connectivity index (χ0v) is 21.0. The predicted molar refractivity (Wildman–Crippen MR) is 137 cm³/mol. The highest BCUT2D eigenvalue weighted by atomic mass is 35.5. The number of anilines is 3. The van der Waals surface area contributed by atoms with E-state index in [2.05, 4.69) is 10.6 Å². The van der Waals surface area contributed by atoms with E-state index in [9.17, 15) is 27.6 Å². The minimum atomic E-state index is -4.65. The predicted octanol–water partition coefficient (Wildman–Crippen LogP) is 5.98. The highest BCUT2D eigenvalue weighted by Crippen LogP contribution is 2.35. The fourth-order valence-electron chi connectivity index (χ4n) is 3.68. The third-order valence-corrected chi connectivity index (χ3v) is 6.07. The first-order valence-electron chi connectivity index (χ1n) is 10.9. The van der Waals surface area contributed by atoms with Gasteiger partial charge in [0.05, 0.1) is 30.5 Å². The summed E-state index contributed by atoms with van der Waals surface area (Å²) in [5.41, 5.74) is -0.143. The number of hydrogen-bond donors (Lipinski definition) is 2. The molecular formula is C26H18Cl2F3N3O4. The van der Waals surface area contributed by atoms with Crippen molar-refractivity contribution in [3.63, 3.8) is 0 Å². The van der Waals surface area contributed by atoms with Crippen LogP contribution in [-0.4, -0.2) is 24.8 Å². The van der Waals surface area contributed by atoms with Crippen molar-refractivity contribution in [3.8, 4) is 5.75 Å². The van der Waals surface area contributed by atoms with E-state index >= 15 is 0 Å². The molecule has 0 radical (unpaired) electrons. The molecule has 0 bridgehead atoms. The molecule has 196 valence electrons. The number of imide groups is 1. The molecule has 3 amide bonds. The lowest BCUT2D eigenvalue weighted by molar-refractivity contribution is -0.137. The maximum Gasteiger partial charge on any atom is 0.416 e. The molecule has 0 fully saturated rings. The molecule has 3 aromatic carbocycles. The van der Waals surface area contributed by atoms with Crippen LogP contribution in [0.25, 0.3) is 0 Å². The first-order valence-corrected chi connectivity index (χ1v) is 11.7. The summed E-state index contributed by atoms with van der Waals surface area (Å²) >= 11 is 12.1. The van der Waals surface area contributed by atoms with Gasteiger partial charge in [-0.25, -0.2) is 4.90 Å². The molecule has 0 aliphatic carbocycles. The van der Waals surface area contributed by atoms with Crippen LogP contribution in [0.1, 0.15) is 11.1 Å². The van der Waals surface area contributed by atoms with Crippen LogP contribution >= 0.6 is 23.2 Å². The second-order valence-corrected chi connectivity index (χ2v) is 8.89. The molecule has 0 aromatic heterocycles. The lowest BCUT2D eigenvalue weighted by Crippen LogP contribution is -2.32. The van der Waals surface area contributed by atoms with Crippen molar-refractivity contribution in [3.05, 3.63) is 93.6 Å². The third kappa shape index (κ3) is 5.76. The van der Waals surface area contributed by atoms with Crippen LogP contribution in [0, 0.1) is 0 Å². The Morgan fingerprint density at radius 2 is 1.68 bits per heavy atom. The number of methoxy groups -OCH3 is 1. The molecule has 0 saturated carbocycles. The van der Waals surface area contributed by atoms with Crippen molar-refractivity contribution in [2.45, 2.75) is 12.6 Å². The van der Waals surface area contributed by atoms with Gasteiger partial charge in [-0.3, -0.25) is 14.4 Å². The van der Waals surface area contributed by atoms with Crippen LogP contribution < -0.4 is 20.3 Å². The number of halogens is 5. The van der Waals surface area contributed by atoms with Crippen LogP contribution in [-0.2, 0) is 27.0 Å². The fraction of sp³-hybridized carbons (Fsp3) is 0.115. The molecule has 7 nitrogen and oxygen atoms in total. The maximum atomic E-state index is 13.1. The Kier molecular flexibility index (Phi) is 7.66. The summed E-state index contributed by atoms with van der Waals surface area (Å²) in [5, 5.41) is 5.43. The summed E-state index contributed by atoms with van der Waals surface area (Å²) < 4.78 is 44.5. The summed E-state index contributed by atoms with van der Waals surface area (Å²) in [6.45, 7) is 0. The topological polar surface area (TPSA) is 87.7 Å². The lowest BCUT2D eigenvalue weighted by atomic mass is 10.1. The molecule has 1 heterocycles. The number of alkyl halides is 3. The second-order valence-electron chi connectivity index (χ2n) is 8.07. The summed E-state index contributed by atoms with van der Waals surface area (Å²) in [4.78, 5) is 38.6. The molecule has 0 atom stereocenters. The summed E-state index contributed by atoms with van der Waals surface area (Å²) in [6.07, 6.45) is -4.64. The zero-order valence-electron chi connectivity index (χ0n) is 19.5. The van der Waals surface area contributed by atoms with Crippen molar-refractivity contribution >= 4 is 58.0 Å². The standard InChI is InChI=1S/C26H18Cl2F3N3O4/c1-38-20-10-7-16(27)13-19(20)33-21(35)11-14-5-8-17(9-6-14)32-23-22(28)24(36)34(25(23)37)18-4-2-3-15(12-18)26(29,30)31/h2-10,12-13,32H,11H2,1H3,(H,33,35). The van der Waals surface area contributed by atoms with Gasteiger partial charge in [-0.2, -0.15) is 13.2 Å². The molecule has 1 aliphatic heterocycles. The minimum absolute atomic E-state index is 0.0140. The van der Waals surface area contributed by atoms with Gasteiger partial charge >= 0.3 is 6.18 Å². The molecule has 0 saturated heterocycles. The van der Waals surface area contributed by atoms with E-state index < -0.39 is 28.6 Å². The van der Waals surface area contributed by atoms with Crippen molar-refractivity contribution in [2.75, 3.05) is 22.6 Å². The van der Waals surface area contributed by atoms with Gasteiger partial charge in [-0.15, -0.1) is 0 Å². The van der Waals surface area contributed by atoms with Gasteiger partial charge in [0.1, 0.15) is 16.5 Å². The SMILES string of the molecule is COc1ccc(Cl)cc1NC(=O)Cc1ccc(NC2=C(Cl)C(=O)N(c3cccc(C(F)(F)F)c3)C2=O)cc1. The number of carbonyl (C=O) groups excluding carboxylic acids is 3. The quantitative estimate of drug-likeness (QED) is 0.345. The molecule has 2 N–H and O–H groups in total. The van der Waals surface area contributed by atoms with Crippen LogP contribution in [0.5, 0.6) is 5.75 Å². The summed E-state index contributed by atoms with van der Waals surface area (Å²) in [5.74, 6) is -1.74. The van der Waals surface area contributed by atoms with Gasteiger partial charge in [0, 0.05) is 10.7 Å². The third-order valence-electron chi connectivity index (χ3n) is 5.48. The van der Waals surface area contributed by atoms with Crippen LogP contribution in [0.4, 0.5) is 30.2 Å². The smallest absolute Gasteiger partial charge is 0.416 e. The average molecular weight is 564 g/mol. The Labute approximate surface area is 224 Å². The normalized spacial score (nSPS) is 13.7. The monoisotopic (exact) mass is 563 g/mol. The van der Waals surface area contributed by atoms with Gasteiger partial charge in [0.15, 0.2) is 0 Å². The number of benzene rings is 3. The zero-order chi connectivity index (χ0) is 27.6. The Bertz CT molecular complexity index is 1460. The van der Waals surface area contributed by atoms with E-state index in [1.54, 1.807) is 42.5 Å². The van der Waals surface area contributed by atoms with Crippen LogP contribution in [0.3, 0.4) is 0 Å². The highest BCUT2D eigenvalue weighted by molar-refractivity contribution is 6.53. The minimum Gasteiger partial charge on any atom is -0.495 e. The second kappa shape index (κ2) is 10.8. The summed E-state index contributed by atoms with van der Waals surface area (Å²) in [7, 11) is 1.47. The number of hydrogen-bond acceptors (Lipinski definition) is 5. The van der Waals surface area contributed by atoms with Gasteiger partial charge in [0.2, 0.25) is 5.91 Å². The number of rotatable bonds is 7. The molecule has 0 spiro atoms. The van der Waals surface area contributed by atoms with Crippen LogP contribution in [0.15, 0.2) is 77.5 Å².